The van der Waals surface area contributed by atoms with Crippen LogP contribution >= 0.6 is 0 Å². The molecule has 0 saturated carbocycles. The van der Waals surface area contributed by atoms with Crippen molar-refractivity contribution in [1.82, 2.24) is 4.90 Å². The van der Waals surface area contributed by atoms with Gasteiger partial charge in [-0.25, -0.2) is 0 Å². The molecule has 114 valence electrons. The molecule has 1 fully saturated rings. The van der Waals surface area contributed by atoms with E-state index in [-0.39, 0.29) is 23.7 Å². The Hall–Kier alpha value is -1.84. The summed E-state index contributed by atoms with van der Waals surface area (Å²) in [4.78, 5) is 26.3. The smallest absolute Gasteiger partial charge is 0.222 e. The topological polar surface area (TPSA) is 46.6 Å². The molecule has 4 heteroatoms. The molecule has 4 nitrogen and oxygen atoms in total. The summed E-state index contributed by atoms with van der Waals surface area (Å²) in [6, 6.07) is 7.15. The third kappa shape index (κ3) is 3.84. The van der Waals surface area contributed by atoms with Crippen molar-refractivity contribution < 1.29 is 14.3 Å². The number of likely N-dealkylation sites (tertiary alicyclic amines) is 1. The second kappa shape index (κ2) is 6.29. The largest absolute Gasteiger partial charge is 0.496 e. The number of ketones is 1. The fourth-order valence-corrected chi connectivity index (χ4v) is 2.59. The molecule has 1 aromatic rings. The van der Waals surface area contributed by atoms with Gasteiger partial charge in [0.05, 0.1) is 19.2 Å². The molecule has 0 atom stereocenters. The zero-order valence-corrected chi connectivity index (χ0v) is 13.0. The van der Waals surface area contributed by atoms with Crippen LogP contribution in [0.2, 0.25) is 0 Å². The first-order valence-electron chi connectivity index (χ1n) is 7.37. The van der Waals surface area contributed by atoms with E-state index < -0.39 is 0 Å². The number of hydrogen-bond acceptors (Lipinski definition) is 3. The van der Waals surface area contributed by atoms with Crippen molar-refractivity contribution >= 4 is 11.7 Å². The normalized spacial score (nSPS) is 18.2. The Kier molecular flexibility index (Phi) is 4.66. The van der Waals surface area contributed by atoms with Crippen LogP contribution in [0.25, 0.3) is 0 Å². The third-order valence-electron chi connectivity index (χ3n) is 4.17. The van der Waals surface area contributed by atoms with Crippen LogP contribution in [-0.4, -0.2) is 36.8 Å². The lowest BCUT2D eigenvalue weighted by molar-refractivity contribution is -0.130. The maximum Gasteiger partial charge on any atom is 0.222 e. The van der Waals surface area contributed by atoms with Crippen molar-refractivity contribution in [3.8, 4) is 5.75 Å². The standard InChI is InChI=1S/C17H23NO3/c1-17(2)9-8-16(20)18(11-10-17)12-14(19)13-6-4-5-7-15(13)21-3/h4-7H,8-12H2,1-3H3. The van der Waals surface area contributed by atoms with Gasteiger partial charge in [0.15, 0.2) is 5.78 Å². The molecule has 1 saturated heterocycles. The Balaban J connectivity index is 2.10. The van der Waals surface area contributed by atoms with Crippen LogP contribution in [0.4, 0.5) is 0 Å². The molecule has 21 heavy (non-hydrogen) atoms. The number of ether oxygens (including phenoxy) is 1. The molecule has 0 radical (unpaired) electrons. The highest BCUT2D eigenvalue weighted by Gasteiger charge is 2.28. The van der Waals surface area contributed by atoms with Gasteiger partial charge in [-0.3, -0.25) is 9.59 Å². The first-order valence-corrected chi connectivity index (χ1v) is 7.37. The van der Waals surface area contributed by atoms with E-state index in [1.54, 1.807) is 24.1 Å². The van der Waals surface area contributed by atoms with Crippen molar-refractivity contribution in [2.75, 3.05) is 20.2 Å². The number of carbonyl (C=O) groups is 2. The quantitative estimate of drug-likeness (QED) is 0.801. The van der Waals surface area contributed by atoms with Gasteiger partial charge in [-0.1, -0.05) is 26.0 Å². The molecule has 0 spiro atoms. The maximum atomic E-state index is 12.4. The number of rotatable bonds is 4. The second-order valence-corrected chi connectivity index (χ2v) is 6.35. The Labute approximate surface area is 126 Å². The number of para-hydroxylation sites is 1. The van der Waals surface area contributed by atoms with E-state index in [1.165, 1.54) is 0 Å². The molecular formula is C17H23NO3. The highest BCUT2D eigenvalue weighted by atomic mass is 16.5. The van der Waals surface area contributed by atoms with E-state index in [2.05, 4.69) is 13.8 Å². The van der Waals surface area contributed by atoms with Crippen LogP contribution in [0.5, 0.6) is 5.75 Å². The van der Waals surface area contributed by atoms with Crippen LogP contribution in [0, 0.1) is 5.41 Å². The molecule has 0 N–H and O–H groups in total. The molecule has 1 aromatic carbocycles. The van der Waals surface area contributed by atoms with Gasteiger partial charge >= 0.3 is 0 Å². The lowest BCUT2D eigenvalue weighted by Crippen LogP contribution is -2.35. The Morgan fingerprint density at radius 1 is 1.29 bits per heavy atom. The second-order valence-electron chi connectivity index (χ2n) is 6.35. The zero-order valence-electron chi connectivity index (χ0n) is 13.0. The number of nitrogens with zero attached hydrogens (tertiary/aromatic N) is 1. The van der Waals surface area contributed by atoms with Crippen molar-refractivity contribution in [2.24, 2.45) is 5.41 Å². The molecule has 0 aliphatic carbocycles. The molecule has 2 rings (SSSR count). The fourth-order valence-electron chi connectivity index (χ4n) is 2.59. The van der Waals surface area contributed by atoms with Gasteiger partial charge in [0.25, 0.3) is 0 Å². The van der Waals surface area contributed by atoms with Crippen LogP contribution in [0.15, 0.2) is 24.3 Å². The maximum absolute atomic E-state index is 12.4. The first-order chi connectivity index (χ1) is 9.93. The van der Waals surface area contributed by atoms with Crippen LogP contribution < -0.4 is 4.74 Å². The molecular weight excluding hydrogens is 266 g/mol. The summed E-state index contributed by atoms with van der Waals surface area (Å²) in [7, 11) is 1.55. The van der Waals surface area contributed by atoms with Crippen molar-refractivity contribution in [3.05, 3.63) is 29.8 Å². The average molecular weight is 289 g/mol. The summed E-state index contributed by atoms with van der Waals surface area (Å²) < 4.78 is 5.22. The third-order valence-corrected chi connectivity index (χ3v) is 4.17. The summed E-state index contributed by atoms with van der Waals surface area (Å²) in [5.41, 5.74) is 0.703. The van der Waals surface area contributed by atoms with E-state index >= 15 is 0 Å². The number of amides is 1. The van der Waals surface area contributed by atoms with Crippen LogP contribution in [0.1, 0.15) is 43.5 Å². The SMILES string of the molecule is COc1ccccc1C(=O)CN1CCC(C)(C)CCC1=O. The summed E-state index contributed by atoms with van der Waals surface area (Å²) in [5, 5.41) is 0. The monoisotopic (exact) mass is 289 g/mol. The number of methoxy groups -OCH3 is 1. The predicted octanol–water partition coefficient (Wildman–Crippen LogP) is 2.92. The highest BCUT2D eigenvalue weighted by molar-refractivity contribution is 6.01. The van der Waals surface area contributed by atoms with Gasteiger partial charge in [0.2, 0.25) is 5.91 Å². The summed E-state index contributed by atoms with van der Waals surface area (Å²) >= 11 is 0. The zero-order chi connectivity index (χ0) is 15.5. The van der Waals surface area contributed by atoms with Crippen molar-refractivity contribution in [3.63, 3.8) is 0 Å². The van der Waals surface area contributed by atoms with E-state index in [9.17, 15) is 9.59 Å². The van der Waals surface area contributed by atoms with E-state index in [4.69, 9.17) is 4.74 Å². The highest BCUT2D eigenvalue weighted by Crippen LogP contribution is 2.30. The minimum absolute atomic E-state index is 0.0690. The number of benzene rings is 1. The molecule has 1 aliphatic heterocycles. The molecule has 1 amide bonds. The van der Waals surface area contributed by atoms with Gasteiger partial charge in [0.1, 0.15) is 5.75 Å². The minimum atomic E-state index is -0.0690. The first kappa shape index (κ1) is 15.5. The van der Waals surface area contributed by atoms with Crippen LogP contribution in [-0.2, 0) is 4.79 Å². The van der Waals surface area contributed by atoms with Crippen molar-refractivity contribution in [1.29, 1.82) is 0 Å². The summed E-state index contributed by atoms with van der Waals surface area (Å²) in [6.45, 7) is 5.12. The van der Waals surface area contributed by atoms with Crippen molar-refractivity contribution in [2.45, 2.75) is 33.1 Å². The van der Waals surface area contributed by atoms with Gasteiger partial charge in [-0.15, -0.1) is 0 Å². The fraction of sp³-hybridized carbons (Fsp3) is 0.529. The van der Waals surface area contributed by atoms with Gasteiger partial charge in [0, 0.05) is 13.0 Å². The van der Waals surface area contributed by atoms with E-state index in [0.29, 0.717) is 24.3 Å². The Morgan fingerprint density at radius 3 is 2.71 bits per heavy atom. The summed E-state index contributed by atoms with van der Waals surface area (Å²) in [6.07, 6.45) is 2.33. The molecule has 0 unspecified atom stereocenters. The molecule has 0 bridgehead atoms. The number of Topliss-reactive ketones (excluding diaryl/α,β-unsaturated/α-hetero) is 1. The molecule has 1 heterocycles. The van der Waals surface area contributed by atoms with Crippen LogP contribution in [0.3, 0.4) is 0 Å². The molecule has 1 aliphatic rings. The number of carbonyl (C=O) groups excluding carboxylic acids is 2. The average Bonchev–Trinajstić information content (AvgIpc) is 2.60. The minimum Gasteiger partial charge on any atom is -0.496 e. The number of hydrogen-bond donors (Lipinski definition) is 0. The Morgan fingerprint density at radius 2 is 2.00 bits per heavy atom. The lowest BCUT2D eigenvalue weighted by atomic mass is 9.85. The lowest BCUT2D eigenvalue weighted by Gasteiger charge is -2.23. The Bertz CT molecular complexity index is 537. The van der Waals surface area contributed by atoms with Gasteiger partial charge in [-0.2, -0.15) is 0 Å². The van der Waals surface area contributed by atoms with E-state index in [1.807, 2.05) is 12.1 Å². The van der Waals surface area contributed by atoms with Gasteiger partial charge in [-0.05, 0) is 30.4 Å². The summed E-state index contributed by atoms with van der Waals surface area (Å²) in [5.74, 6) is 0.564. The predicted molar refractivity (Wildman–Crippen MR) is 81.5 cm³/mol. The van der Waals surface area contributed by atoms with E-state index in [0.717, 1.165) is 12.8 Å². The van der Waals surface area contributed by atoms with Gasteiger partial charge < -0.3 is 9.64 Å². The molecule has 0 aromatic heterocycles.